The van der Waals surface area contributed by atoms with Crippen molar-refractivity contribution in [3.63, 3.8) is 0 Å². The summed E-state index contributed by atoms with van der Waals surface area (Å²) in [7, 11) is 7.02. The van der Waals surface area contributed by atoms with E-state index in [0.29, 0.717) is 11.8 Å². The van der Waals surface area contributed by atoms with E-state index in [1.54, 1.807) is 33.5 Å². The van der Waals surface area contributed by atoms with Gasteiger partial charge in [-0.25, -0.2) is 4.98 Å². The summed E-state index contributed by atoms with van der Waals surface area (Å²) in [4.78, 5) is 9.19. The van der Waals surface area contributed by atoms with E-state index < -0.39 is 0 Å². The third-order valence-electron chi connectivity index (χ3n) is 5.69. The first-order valence-corrected chi connectivity index (χ1v) is 10.7. The normalized spacial score (nSPS) is 14.7. The van der Waals surface area contributed by atoms with Gasteiger partial charge in [0, 0.05) is 38.3 Å². The van der Waals surface area contributed by atoms with Crippen molar-refractivity contribution in [3.05, 3.63) is 30.3 Å². The second-order valence-electron chi connectivity index (χ2n) is 7.31. The summed E-state index contributed by atoms with van der Waals surface area (Å²) in [5, 5.41) is 13.0. The number of piperidine rings is 1. The zero-order valence-corrected chi connectivity index (χ0v) is 18.5. The Kier molecular flexibility index (Phi) is 5.76. The van der Waals surface area contributed by atoms with Gasteiger partial charge < -0.3 is 24.0 Å². The summed E-state index contributed by atoms with van der Waals surface area (Å²) in [6.45, 7) is 1.76. The van der Waals surface area contributed by atoms with Crippen LogP contribution in [0.2, 0.25) is 0 Å². The van der Waals surface area contributed by atoms with E-state index in [1.807, 2.05) is 18.2 Å². The Morgan fingerprint density at radius 3 is 2.30 bits per heavy atom. The molecule has 1 aromatic heterocycles. The summed E-state index contributed by atoms with van der Waals surface area (Å²) >= 11 is 1.49. The molecule has 30 heavy (non-hydrogen) atoms. The van der Waals surface area contributed by atoms with Crippen LogP contribution in [0.5, 0.6) is 23.0 Å². The van der Waals surface area contributed by atoms with Gasteiger partial charge in [-0.05, 0) is 25.0 Å². The highest BCUT2D eigenvalue weighted by atomic mass is 32.1. The van der Waals surface area contributed by atoms with Gasteiger partial charge in [-0.2, -0.15) is 0 Å². The minimum Gasteiger partial charge on any atom is -0.496 e. The molecule has 3 aromatic rings. The topological polar surface area (TPSA) is 67.0 Å². The molecule has 7 nitrogen and oxygen atoms in total. The van der Waals surface area contributed by atoms with E-state index in [9.17, 15) is 5.11 Å². The van der Waals surface area contributed by atoms with Crippen molar-refractivity contribution < 1.29 is 19.3 Å². The first kappa shape index (κ1) is 20.4. The van der Waals surface area contributed by atoms with Gasteiger partial charge in [0.05, 0.1) is 26.8 Å². The number of methoxy groups -OCH3 is 3. The number of nitrogens with zero attached hydrogens (tertiary/aromatic N) is 3. The SMILES string of the molecule is COc1cc(OC)c(N(C)C2CCN(c3nc4cccc([O])c4s3)CC2)c(OC)c1. The van der Waals surface area contributed by atoms with Crippen molar-refractivity contribution in [2.45, 2.75) is 18.9 Å². The maximum absolute atomic E-state index is 12.1. The largest absolute Gasteiger partial charge is 0.496 e. The Balaban J connectivity index is 1.52. The van der Waals surface area contributed by atoms with Gasteiger partial charge in [0.2, 0.25) is 0 Å². The smallest absolute Gasteiger partial charge is 0.198 e. The molecule has 0 N–H and O–H groups in total. The lowest BCUT2D eigenvalue weighted by atomic mass is 10.0. The molecule has 0 amide bonds. The van der Waals surface area contributed by atoms with Crippen LogP contribution in [0, 0.1) is 0 Å². The minimum atomic E-state index is 0.0459. The fourth-order valence-corrected chi connectivity index (χ4v) is 5.03. The Labute approximate surface area is 180 Å². The van der Waals surface area contributed by atoms with Gasteiger partial charge in [-0.3, -0.25) is 5.11 Å². The van der Waals surface area contributed by atoms with Crippen molar-refractivity contribution in [3.8, 4) is 23.0 Å². The molecule has 0 saturated carbocycles. The van der Waals surface area contributed by atoms with Crippen LogP contribution in [0.15, 0.2) is 30.3 Å². The van der Waals surface area contributed by atoms with Crippen molar-refractivity contribution in [1.29, 1.82) is 0 Å². The number of hydrogen-bond donors (Lipinski definition) is 0. The van der Waals surface area contributed by atoms with Crippen LogP contribution in [0.4, 0.5) is 10.8 Å². The highest BCUT2D eigenvalue weighted by Gasteiger charge is 2.28. The fourth-order valence-electron chi connectivity index (χ4n) is 4.01. The molecule has 1 aliphatic rings. The fraction of sp³-hybridized carbons (Fsp3) is 0.409. The maximum atomic E-state index is 12.1. The van der Waals surface area contributed by atoms with Crippen LogP contribution in [0.25, 0.3) is 10.2 Å². The molecule has 1 fully saturated rings. The van der Waals surface area contributed by atoms with Crippen molar-refractivity contribution in [2.75, 3.05) is 51.3 Å². The van der Waals surface area contributed by atoms with Gasteiger partial charge >= 0.3 is 0 Å². The molecule has 159 valence electrons. The number of rotatable bonds is 6. The predicted molar refractivity (Wildman–Crippen MR) is 119 cm³/mol. The molecule has 0 aliphatic carbocycles. The first-order chi connectivity index (χ1) is 14.5. The molecular formula is C22H26N3O4S. The van der Waals surface area contributed by atoms with E-state index in [0.717, 1.165) is 58.5 Å². The summed E-state index contributed by atoms with van der Waals surface area (Å²) < 4.78 is 17.4. The monoisotopic (exact) mass is 428 g/mol. The summed E-state index contributed by atoms with van der Waals surface area (Å²) in [6.07, 6.45) is 1.93. The molecule has 2 aromatic carbocycles. The van der Waals surface area contributed by atoms with Crippen molar-refractivity contribution in [2.24, 2.45) is 0 Å². The molecule has 1 saturated heterocycles. The number of aromatic nitrogens is 1. The highest BCUT2D eigenvalue weighted by molar-refractivity contribution is 7.22. The minimum absolute atomic E-state index is 0.0459. The molecule has 1 aliphatic heterocycles. The lowest BCUT2D eigenvalue weighted by Crippen LogP contribution is -2.43. The Morgan fingerprint density at radius 1 is 1.07 bits per heavy atom. The Bertz CT molecular complexity index is 1010. The number of fused-ring (bicyclic) bond motifs is 1. The summed E-state index contributed by atoms with van der Waals surface area (Å²) in [6, 6.07) is 9.36. The Hall–Kier alpha value is -2.87. The van der Waals surface area contributed by atoms with E-state index in [4.69, 9.17) is 14.2 Å². The zero-order valence-electron chi connectivity index (χ0n) is 17.7. The molecule has 0 unspecified atom stereocenters. The molecule has 1 radical (unpaired) electrons. The van der Waals surface area contributed by atoms with E-state index in [1.165, 1.54) is 11.3 Å². The number of ether oxygens (including phenoxy) is 3. The quantitative estimate of drug-likeness (QED) is 0.573. The zero-order chi connectivity index (χ0) is 21.3. The number of benzene rings is 2. The van der Waals surface area contributed by atoms with Gasteiger partial charge in [-0.15, -0.1) is 0 Å². The van der Waals surface area contributed by atoms with Crippen LogP contribution in [-0.2, 0) is 5.11 Å². The molecular weight excluding hydrogens is 402 g/mol. The average Bonchev–Trinajstić information content (AvgIpc) is 3.23. The van der Waals surface area contributed by atoms with Crippen LogP contribution in [0.1, 0.15) is 12.8 Å². The second-order valence-corrected chi connectivity index (χ2v) is 8.29. The number of anilines is 2. The summed E-state index contributed by atoms with van der Waals surface area (Å²) in [5.74, 6) is 2.20. The lowest BCUT2D eigenvalue weighted by molar-refractivity contribution is 0.361. The number of thiazole rings is 1. The number of hydrogen-bond acceptors (Lipinski definition) is 7. The Morgan fingerprint density at radius 2 is 1.73 bits per heavy atom. The first-order valence-electron chi connectivity index (χ1n) is 9.90. The summed E-state index contributed by atoms with van der Waals surface area (Å²) in [5.41, 5.74) is 1.71. The van der Waals surface area contributed by atoms with Crippen LogP contribution >= 0.6 is 11.3 Å². The van der Waals surface area contributed by atoms with Gasteiger partial charge in [0.1, 0.15) is 27.6 Å². The molecule has 0 spiro atoms. The van der Waals surface area contributed by atoms with Crippen molar-refractivity contribution >= 4 is 32.4 Å². The van der Waals surface area contributed by atoms with Crippen LogP contribution in [0.3, 0.4) is 0 Å². The second kappa shape index (κ2) is 8.47. The molecule has 8 heteroatoms. The lowest BCUT2D eigenvalue weighted by Gasteiger charge is -2.38. The van der Waals surface area contributed by atoms with Crippen molar-refractivity contribution in [1.82, 2.24) is 4.98 Å². The maximum Gasteiger partial charge on any atom is 0.198 e. The van der Waals surface area contributed by atoms with Gasteiger partial charge in [0.15, 0.2) is 10.9 Å². The molecule has 2 heterocycles. The standard InChI is InChI=1S/C22H26N3O4S/c1-24(20-18(28-3)12-15(27-2)13-19(20)29-4)14-8-10-25(11-9-14)22-23-16-6-5-7-17(26)21(16)30-22/h5-7,12-14H,8-11H2,1-4H3. The molecule has 0 atom stereocenters. The van der Waals surface area contributed by atoms with E-state index in [2.05, 4.69) is 21.8 Å². The average molecular weight is 429 g/mol. The third-order valence-corrected chi connectivity index (χ3v) is 6.84. The van der Waals surface area contributed by atoms with E-state index in [-0.39, 0.29) is 5.75 Å². The van der Waals surface area contributed by atoms with Crippen LogP contribution in [-0.4, -0.2) is 52.5 Å². The molecule has 0 bridgehead atoms. The van der Waals surface area contributed by atoms with E-state index >= 15 is 0 Å². The predicted octanol–water partition coefficient (Wildman–Crippen LogP) is 4.57. The van der Waals surface area contributed by atoms with Crippen LogP contribution < -0.4 is 24.0 Å². The van der Waals surface area contributed by atoms with Gasteiger partial charge in [-0.1, -0.05) is 17.4 Å². The molecule has 4 rings (SSSR count). The van der Waals surface area contributed by atoms with Gasteiger partial charge in [0.25, 0.3) is 0 Å². The highest BCUT2D eigenvalue weighted by Crippen LogP contribution is 2.43. The third kappa shape index (κ3) is 3.67.